The highest BCUT2D eigenvalue weighted by atomic mass is 28.3. The molecule has 2 unspecified atom stereocenters. The molecule has 0 aliphatic carbocycles. The maximum Gasteiger partial charge on any atom is 0.335 e. The Morgan fingerprint density at radius 1 is 1.00 bits per heavy atom. The lowest BCUT2D eigenvalue weighted by molar-refractivity contribution is -0.276. The summed E-state index contributed by atoms with van der Waals surface area (Å²) in [5.41, 5.74) is -1.22. The molecule has 1 saturated heterocycles. The fourth-order valence-corrected chi connectivity index (χ4v) is 4.40. The molecule has 1 fully saturated rings. The summed E-state index contributed by atoms with van der Waals surface area (Å²) in [4.78, 5) is 25.8. The number of nitrogens with zero attached hydrogens (tertiary/aromatic N) is 2. The Hall–Kier alpha value is -2.66. The van der Waals surface area contributed by atoms with Gasteiger partial charge < -0.3 is 28.8 Å². The van der Waals surface area contributed by atoms with Gasteiger partial charge >= 0.3 is 5.69 Å². The molecule has 1 N–H and O–H groups in total. The minimum atomic E-state index is -1.35. The van der Waals surface area contributed by atoms with E-state index in [1.54, 1.807) is 0 Å². The van der Waals surface area contributed by atoms with Gasteiger partial charge in [0.25, 0.3) is 5.56 Å². The fraction of sp³-hybridized carbons (Fsp3) is 0.600. The number of hydrogen-bond acceptors (Lipinski definition) is 8. The first kappa shape index (κ1) is 29.6. The summed E-state index contributed by atoms with van der Waals surface area (Å²) in [6.07, 6.45) is 12.6. The van der Waals surface area contributed by atoms with E-state index in [9.17, 15) is 14.7 Å². The molecule has 10 nitrogen and oxygen atoms in total. The van der Waals surface area contributed by atoms with Crippen LogP contribution in [0.15, 0.2) is 21.9 Å². The molecule has 1 aliphatic heterocycles. The van der Waals surface area contributed by atoms with E-state index in [0.717, 1.165) is 10.6 Å². The molecule has 0 amide bonds. The largest absolute Gasteiger partial charge is 0.394 e. The van der Waals surface area contributed by atoms with Crippen LogP contribution in [0, 0.1) is 37.0 Å². The lowest BCUT2D eigenvalue weighted by Gasteiger charge is -2.45. The smallest absolute Gasteiger partial charge is 0.335 e. The first-order valence-corrected chi connectivity index (χ1v) is 15.2. The van der Waals surface area contributed by atoms with Gasteiger partial charge in [0.05, 0.1) is 6.61 Å². The van der Waals surface area contributed by atoms with Crippen LogP contribution in [0.25, 0.3) is 0 Å². The molecule has 0 spiro atoms. The Balaban J connectivity index is 2.45. The number of hydrogen-bond donors (Lipinski definition) is 1. The second kappa shape index (κ2) is 14.2. The third kappa shape index (κ3) is 7.92. The zero-order chi connectivity index (χ0) is 26.7. The van der Waals surface area contributed by atoms with Crippen LogP contribution in [0.1, 0.15) is 6.23 Å². The molecule has 2 rings (SSSR count). The van der Waals surface area contributed by atoms with Gasteiger partial charge in [0.1, 0.15) is 51.0 Å². The van der Waals surface area contributed by atoms with Crippen molar-refractivity contribution in [1.29, 1.82) is 0 Å². The van der Waals surface area contributed by atoms with Gasteiger partial charge in [-0.3, -0.25) is 9.36 Å². The van der Waals surface area contributed by atoms with Crippen LogP contribution >= 0.6 is 0 Å². The van der Waals surface area contributed by atoms with E-state index in [4.69, 9.17) is 43.0 Å². The van der Waals surface area contributed by atoms with E-state index in [1.165, 1.54) is 16.8 Å². The van der Waals surface area contributed by atoms with Gasteiger partial charge in [-0.25, -0.2) is 9.36 Å². The van der Waals surface area contributed by atoms with Crippen molar-refractivity contribution in [3.63, 3.8) is 0 Å². The summed E-state index contributed by atoms with van der Waals surface area (Å²) < 4.78 is 31.2. The van der Waals surface area contributed by atoms with Crippen LogP contribution in [-0.4, -0.2) is 79.8 Å². The Morgan fingerprint density at radius 2 is 1.58 bits per heavy atom. The zero-order valence-electron chi connectivity index (χ0n) is 20.9. The first-order chi connectivity index (χ1) is 17.2. The Bertz CT molecular complexity index is 1090. The minimum absolute atomic E-state index is 0.0907. The zero-order valence-corrected chi connectivity index (χ0v) is 21.9. The SMILES string of the molecule is C#CCOC1[C@@H](OCC#C)[C@H](OCC#C)C(CO)O[C@H]1n1ccc(=O)n(COCC[Si](C)(C)C)c1=O. The van der Waals surface area contributed by atoms with E-state index in [2.05, 4.69) is 37.4 Å². The highest BCUT2D eigenvalue weighted by Crippen LogP contribution is 2.33. The molecule has 1 aliphatic rings. The summed E-state index contributed by atoms with van der Waals surface area (Å²) in [5.74, 6) is 7.11. The number of rotatable bonds is 13. The van der Waals surface area contributed by atoms with E-state index in [-0.39, 0.29) is 26.6 Å². The number of aliphatic hydroxyl groups is 1. The van der Waals surface area contributed by atoms with Crippen LogP contribution in [0.3, 0.4) is 0 Å². The molecule has 196 valence electrons. The quantitative estimate of drug-likeness (QED) is 0.225. The summed E-state index contributed by atoms with van der Waals surface area (Å²) in [7, 11) is -1.35. The molecular weight excluding hydrogens is 484 g/mol. The Morgan fingerprint density at radius 3 is 2.14 bits per heavy atom. The minimum Gasteiger partial charge on any atom is -0.394 e. The van der Waals surface area contributed by atoms with Gasteiger partial charge in [0.15, 0.2) is 6.23 Å². The van der Waals surface area contributed by atoms with Crippen molar-refractivity contribution in [1.82, 2.24) is 9.13 Å². The van der Waals surface area contributed by atoms with Crippen LogP contribution in [-0.2, 0) is 30.4 Å². The van der Waals surface area contributed by atoms with E-state index < -0.39 is 56.6 Å². The van der Waals surface area contributed by atoms with Crippen LogP contribution < -0.4 is 11.2 Å². The lowest BCUT2D eigenvalue weighted by Crippen LogP contribution is -2.61. The van der Waals surface area contributed by atoms with Crippen LogP contribution in [0.5, 0.6) is 0 Å². The maximum atomic E-state index is 13.4. The number of aliphatic hydroxyl groups excluding tert-OH is 1. The monoisotopic (exact) mass is 518 g/mol. The predicted octanol–water partition coefficient (Wildman–Crippen LogP) is 0.267. The lowest BCUT2D eigenvalue weighted by atomic mass is 9.97. The van der Waals surface area contributed by atoms with Gasteiger partial charge in [0.2, 0.25) is 0 Å². The number of ether oxygens (including phenoxy) is 5. The molecule has 5 atom stereocenters. The average Bonchev–Trinajstić information content (AvgIpc) is 2.83. The summed E-state index contributed by atoms with van der Waals surface area (Å²) in [6.45, 7) is 5.99. The van der Waals surface area contributed by atoms with Crippen molar-refractivity contribution in [3.05, 3.63) is 33.1 Å². The first-order valence-electron chi connectivity index (χ1n) is 11.5. The fourth-order valence-electron chi connectivity index (χ4n) is 3.65. The van der Waals surface area contributed by atoms with Crippen LogP contribution in [0.2, 0.25) is 25.7 Å². The van der Waals surface area contributed by atoms with Gasteiger partial charge in [0, 0.05) is 26.9 Å². The summed E-state index contributed by atoms with van der Waals surface area (Å²) in [6, 6.07) is 2.10. The Labute approximate surface area is 212 Å². The highest BCUT2D eigenvalue weighted by molar-refractivity contribution is 6.76. The second-order valence-corrected chi connectivity index (χ2v) is 14.9. The van der Waals surface area contributed by atoms with Crippen molar-refractivity contribution in [2.24, 2.45) is 0 Å². The van der Waals surface area contributed by atoms with E-state index in [0.29, 0.717) is 6.61 Å². The maximum absolute atomic E-state index is 13.4. The molecule has 0 aromatic carbocycles. The van der Waals surface area contributed by atoms with Gasteiger partial charge in [-0.1, -0.05) is 37.4 Å². The van der Waals surface area contributed by atoms with Crippen molar-refractivity contribution >= 4 is 8.07 Å². The van der Waals surface area contributed by atoms with Gasteiger partial charge in [-0.15, -0.1) is 19.3 Å². The van der Waals surface area contributed by atoms with Crippen molar-refractivity contribution in [2.45, 2.75) is 63.1 Å². The van der Waals surface area contributed by atoms with Crippen molar-refractivity contribution < 1.29 is 28.8 Å². The normalized spacial score (nSPS) is 24.0. The molecule has 1 aromatic rings. The van der Waals surface area contributed by atoms with E-state index >= 15 is 0 Å². The standard InChI is InChI=1S/C25H34N2O8Si/c1-7-12-32-21-19(17-28)35-24(23(34-14-9-3)22(21)33-13-8-2)26-11-10-20(29)27(25(26)30)18-31-15-16-36(4,5)6/h1-3,10-11,19,21-24,28H,12-18H2,4-6H3/t19?,21-,22+,23?,24-/m1/s1. The summed E-state index contributed by atoms with van der Waals surface area (Å²) in [5, 5.41) is 10.0. The third-order valence-corrected chi connectivity index (χ3v) is 7.16. The predicted molar refractivity (Wildman–Crippen MR) is 136 cm³/mol. The molecular formula is C25H34N2O8Si. The molecule has 2 heterocycles. The summed E-state index contributed by atoms with van der Waals surface area (Å²) >= 11 is 0. The molecule has 1 aromatic heterocycles. The van der Waals surface area contributed by atoms with Gasteiger partial charge in [-0.05, 0) is 6.04 Å². The molecule has 0 radical (unpaired) electrons. The number of aromatic nitrogens is 2. The molecule has 0 bridgehead atoms. The van der Waals surface area contributed by atoms with Crippen molar-refractivity contribution in [3.8, 4) is 37.0 Å². The number of terminal acetylenes is 3. The van der Waals surface area contributed by atoms with Crippen molar-refractivity contribution in [2.75, 3.05) is 33.0 Å². The topological polar surface area (TPSA) is 110 Å². The van der Waals surface area contributed by atoms with Gasteiger partial charge in [-0.2, -0.15) is 0 Å². The third-order valence-electron chi connectivity index (χ3n) is 5.45. The molecule has 0 saturated carbocycles. The van der Waals surface area contributed by atoms with E-state index in [1.807, 2.05) is 0 Å². The second-order valence-electron chi connectivity index (χ2n) is 9.31. The highest BCUT2D eigenvalue weighted by Gasteiger charge is 2.49. The Kier molecular flexibility index (Phi) is 11.6. The molecule has 36 heavy (non-hydrogen) atoms. The average molecular weight is 519 g/mol. The van der Waals surface area contributed by atoms with Crippen LogP contribution in [0.4, 0.5) is 0 Å². The molecule has 11 heteroatoms.